The zero-order valence-corrected chi connectivity index (χ0v) is 13.7. The van der Waals surface area contributed by atoms with E-state index in [9.17, 15) is 4.79 Å². The number of carbonyl (C=O) groups is 1. The van der Waals surface area contributed by atoms with Gasteiger partial charge in [-0.3, -0.25) is 4.79 Å². The normalized spacial score (nSPS) is 32.8. The van der Waals surface area contributed by atoms with Crippen LogP contribution in [0.2, 0.25) is 0 Å². The smallest absolute Gasteiger partial charge is 0.226 e. The van der Waals surface area contributed by atoms with Crippen LogP contribution in [0.4, 0.5) is 0 Å². The van der Waals surface area contributed by atoms with Crippen molar-refractivity contribution in [3.8, 4) is 0 Å². The molecule has 2 rings (SSSR count). The third kappa shape index (κ3) is 2.85. The van der Waals surface area contributed by atoms with Crippen LogP contribution in [-0.4, -0.2) is 16.4 Å². The first-order valence-corrected chi connectivity index (χ1v) is 8.47. The molecule has 2 aliphatic carbocycles. The van der Waals surface area contributed by atoms with E-state index in [4.69, 9.17) is 18.0 Å². The second-order valence-corrected chi connectivity index (χ2v) is 7.36. The monoisotopic (exact) mass is 296 g/mol. The third-order valence-corrected chi connectivity index (χ3v) is 6.06. The lowest BCUT2D eigenvalue weighted by molar-refractivity contribution is -0.132. The summed E-state index contributed by atoms with van der Waals surface area (Å²) in [6.45, 7) is 4.39. The second kappa shape index (κ2) is 6.00. The van der Waals surface area contributed by atoms with Crippen LogP contribution in [0.5, 0.6) is 0 Å². The predicted molar refractivity (Wildman–Crippen MR) is 86.5 cm³/mol. The van der Waals surface area contributed by atoms with E-state index >= 15 is 0 Å². The van der Waals surface area contributed by atoms with E-state index in [-0.39, 0.29) is 11.3 Å². The Morgan fingerprint density at radius 2 is 1.80 bits per heavy atom. The van der Waals surface area contributed by atoms with Gasteiger partial charge < -0.3 is 11.1 Å². The Bertz CT molecular complexity index is 380. The summed E-state index contributed by atoms with van der Waals surface area (Å²) in [4.78, 5) is 13.3. The fourth-order valence-electron chi connectivity index (χ4n) is 3.83. The fourth-order valence-corrected chi connectivity index (χ4v) is 4.09. The molecule has 4 heteroatoms. The van der Waals surface area contributed by atoms with Crippen molar-refractivity contribution < 1.29 is 4.79 Å². The van der Waals surface area contributed by atoms with Crippen LogP contribution in [0.25, 0.3) is 0 Å². The van der Waals surface area contributed by atoms with E-state index in [2.05, 4.69) is 19.2 Å². The van der Waals surface area contributed by atoms with Crippen LogP contribution < -0.4 is 11.1 Å². The molecule has 0 aromatic carbocycles. The lowest BCUT2D eigenvalue weighted by Gasteiger charge is -2.41. The van der Waals surface area contributed by atoms with E-state index in [0.717, 1.165) is 44.9 Å². The summed E-state index contributed by atoms with van der Waals surface area (Å²) >= 11 is 5.30. The molecule has 2 aliphatic rings. The van der Waals surface area contributed by atoms with E-state index in [0.29, 0.717) is 10.9 Å². The van der Waals surface area contributed by atoms with E-state index in [1.54, 1.807) is 0 Å². The maximum absolute atomic E-state index is 12.8. The Kier molecular flexibility index (Phi) is 4.73. The zero-order chi connectivity index (χ0) is 14.8. The molecular formula is C16H28N2OS. The van der Waals surface area contributed by atoms with Crippen LogP contribution >= 0.6 is 12.2 Å². The average Bonchev–Trinajstić information content (AvgIpc) is 2.91. The Morgan fingerprint density at radius 3 is 2.25 bits per heavy atom. The van der Waals surface area contributed by atoms with Crippen molar-refractivity contribution in [2.45, 2.75) is 77.2 Å². The molecule has 0 atom stereocenters. The molecule has 0 aromatic heterocycles. The molecule has 3 nitrogen and oxygen atoms in total. The summed E-state index contributed by atoms with van der Waals surface area (Å²) in [5.41, 5.74) is 5.40. The van der Waals surface area contributed by atoms with Crippen molar-refractivity contribution in [2.24, 2.45) is 17.1 Å². The van der Waals surface area contributed by atoms with Crippen molar-refractivity contribution in [3.63, 3.8) is 0 Å². The van der Waals surface area contributed by atoms with Crippen LogP contribution in [0, 0.1) is 11.3 Å². The Morgan fingerprint density at radius 1 is 1.25 bits per heavy atom. The van der Waals surface area contributed by atoms with Gasteiger partial charge in [-0.05, 0) is 50.9 Å². The Labute approximate surface area is 128 Å². The van der Waals surface area contributed by atoms with Gasteiger partial charge >= 0.3 is 0 Å². The quantitative estimate of drug-likeness (QED) is 0.783. The molecule has 0 saturated heterocycles. The minimum absolute atomic E-state index is 0.166. The highest BCUT2D eigenvalue weighted by Gasteiger charge is 2.45. The number of nitrogens with one attached hydrogen (secondary N) is 1. The largest absolute Gasteiger partial charge is 0.391 e. The van der Waals surface area contributed by atoms with Gasteiger partial charge in [0.15, 0.2) is 0 Å². The van der Waals surface area contributed by atoms with Gasteiger partial charge in [0, 0.05) is 5.41 Å². The average molecular weight is 296 g/mol. The van der Waals surface area contributed by atoms with Crippen molar-refractivity contribution in [3.05, 3.63) is 0 Å². The molecule has 114 valence electrons. The first-order chi connectivity index (χ1) is 9.44. The number of hydrogen-bond donors (Lipinski definition) is 2. The molecule has 1 amide bonds. The van der Waals surface area contributed by atoms with Gasteiger partial charge in [0.1, 0.15) is 0 Å². The maximum atomic E-state index is 12.8. The highest BCUT2D eigenvalue weighted by atomic mass is 32.1. The summed E-state index contributed by atoms with van der Waals surface area (Å²) in [5, 5.41) is 3.28. The number of carbonyl (C=O) groups excluding carboxylic acids is 1. The Hall–Kier alpha value is -0.640. The van der Waals surface area contributed by atoms with Crippen LogP contribution in [0.15, 0.2) is 0 Å². The van der Waals surface area contributed by atoms with E-state index in [1.165, 1.54) is 12.8 Å². The number of rotatable bonds is 4. The maximum Gasteiger partial charge on any atom is 0.226 e. The van der Waals surface area contributed by atoms with Crippen molar-refractivity contribution in [2.75, 3.05) is 0 Å². The topological polar surface area (TPSA) is 55.1 Å². The van der Waals surface area contributed by atoms with Gasteiger partial charge in [-0.1, -0.05) is 38.9 Å². The van der Waals surface area contributed by atoms with E-state index in [1.807, 2.05) is 0 Å². The molecule has 2 saturated carbocycles. The van der Waals surface area contributed by atoms with Crippen LogP contribution in [0.3, 0.4) is 0 Å². The summed E-state index contributed by atoms with van der Waals surface area (Å²) < 4.78 is 0. The van der Waals surface area contributed by atoms with Crippen LogP contribution in [0.1, 0.15) is 71.6 Å². The van der Waals surface area contributed by atoms with Gasteiger partial charge in [-0.2, -0.15) is 0 Å². The third-order valence-electron chi connectivity index (χ3n) is 5.67. The summed E-state index contributed by atoms with van der Waals surface area (Å²) in [6, 6.07) is 0. The predicted octanol–water partition coefficient (Wildman–Crippen LogP) is 3.31. The number of hydrogen-bond acceptors (Lipinski definition) is 2. The van der Waals surface area contributed by atoms with Gasteiger partial charge in [0.25, 0.3) is 0 Å². The fraction of sp³-hybridized carbons (Fsp3) is 0.875. The van der Waals surface area contributed by atoms with Crippen molar-refractivity contribution >= 4 is 23.1 Å². The highest BCUT2D eigenvalue weighted by Crippen LogP contribution is 2.42. The van der Waals surface area contributed by atoms with Gasteiger partial charge in [-0.15, -0.1) is 0 Å². The summed E-state index contributed by atoms with van der Waals surface area (Å²) in [6.07, 6.45) is 9.26. The second-order valence-electron chi connectivity index (χ2n) is 6.92. The lowest BCUT2D eigenvalue weighted by atomic mass is 9.75. The molecule has 0 aliphatic heterocycles. The van der Waals surface area contributed by atoms with Crippen molar-refractivity contribution in [1.29, 1.82) is 0 Å². The van der Waals surface area contributed by atoms with E-state index < -0.39 is 5.54 Å². The number of amides is 1. The molecule has 3 N–H and O–H groups in total. The van der Waals surface area contributed by atoms with Crippen molar-refractivity contribution in [1.82, 2.24) is 5.32 Å². The molecule has 0 heterocycles. The minimum atomic E-state index is -0.427. The van der Waals surface area contributed by atoms with Crippen LogP contribution in [-0.2, 0) is 4.79 Å². The molecule has 20 heavy (non-hydrogen) atoms. The molecule has 0 spiro atoms. The van der Waals surface area contributed by atoms with Gasteiger partial charge in [0.05, 0.1) is 10.5 Å². The zero-order valence-electron chi connectivity index (χ0n) is 12.8. The Balaban J connectivity index is 2.12. The summed E-state index contributed by atoms with van der Waals surface area (Å²) in [5.74, 6) is 0.904. The standard InChI is InChI=1S/C16H28N2OS/c1-3-15(8-4-5-9-15)14(19)18-16(13(17)20)10-6-12(2)7-11-16/h12H,3-11H2,1-2H3,(H2,17,20)(H,18,19). The van der Waals surface area contributed by atoms with Gasteiger partial charge in [0.2, 0.25) is 5.91 Å². The molecule has 0 radical (unpaired) electrons. The highest BCUT2D eigenvalue weighted by molar-refractivity contribution is 7.80. The number of thiocarbonyl (C=S) groups is 1. The first-order valence-electron chi connectivity index (χ1n) is 8.07. The minimum Gasteiger partial charge on any atom is -0.391 e. The molecular weight excluding hydrogens is 268 g/mol. The number of nitrogens with two attached hydrogens (primary N) is 1. The first kappa shape index (κ1) is 15.7. The summed E-state index contributed by atoms with van der Waals surface area (Å²) in [7, 11) is 0. The lowest BCUT2D eigenvalue weighted by Crippen LogP contribution is -2.60. The molecule has 0 bridgehead atoms. The SMILES string of the molecule is CCC1(C(=O)NC2(C(N)=S)CCC(C)CC2)CCCC1. The molecule has 0 unspecified atom stereocenters. The van der Waals surface area contributed by atoms with Gasteiger partial charge in [-0.25, -0.2) is 0 Å². The molecule has 2 fully saturated rings. The molecule has 0 aromatic rings.